The SMILES string of the molecule is CCNc1nn(C)c(=O)n1Cc1ccccc1. The third-order valence-corrected chi connectivity index (χ3v) is 2.53. The molecule has 1 aromatic heterocycles. The number of benzene rings is 1. The van der Waals surface area contributed by atoms with Gasteiger partial charge in [-0.1, -0.05) is 30.3 Å². The maximum atomic E-state index is 11.9. The summed E-state index contributed by atoms with van der Waals surface area (Å²) < 4.78 is 2.99. The van der Waals surface area contributed by atoms with Gasteiger partial charge in [-0.05, 0) is 12.5 Å². The first-order chi connectivity index (χ1) is 8.22. The Balaban J connectivity index is 2.34. The molecule has 1 N–H and O–H groups in total. The van der Waals surface area contributed by atoms with Crippen LogP contribution < -0.4 is 11.0 Å². The van der Waals surface area contributed by atoms with E-state index < -0.39 is 0 Å². The van der Waals surface area contributed by atoms with E-state index in [1.807, 2.05) is 37.3 Å². The standard InChI is InChI=1S/C12H16N4O/c1-3-13-11-14-15(2)12(17)16(11)9-10-7-5-4-6-8-10/h4-8H,3,9H2,1-2H3,(H,13,14). The van der Waals surface area contributed by atoms with Crippen molar-refractivity contribution < 1.29 is 0 Å². The molecule has 0 aliphatic rings. The average molecular weight is 232 g/mol. The Labute approximate surface area is 99.7 Å². The van der Waals surface area contributed by atoms with E-state index in [1.54, 1.807) is 11.6 Å². The minimum atomic E-state index is -0.107. The van der Waals surface area contributed by atoms with Gasteiger partial charge in [-0.15, -0.1) is 5.10 Å². The molecule has 2 aromatic rings. The van der Waals surface area contributed by atoms with E-state index in [2.05, 4.69) is 10.4 Å². The molecule has 2 rings (SSSR count). The van der Waals surface area contributed by atoms with Crippen molar-refractivity contribution >= 4 is 5.95 Å². The van der Waals surface area contributed by atoms with Crippen LogP contribution >= 0.6 is 0 Å². The van der Waals surface area contributed by atoms with Crippen LogP contribution in [0, 0.1) is 0 Å². The Kier molecular flexibility index (Phi) is 3.27. The van der Waals surface area contributed by atoms with Crippen molar-refractivity contribution in [3.63, 3.8) is 0 Å². The van der Waals surface area contributed by atoms with Crippen LogP contribution in [0.25, 0.3) is 0 Å². The molecule has 5 nitrogen and oxygen atoms in total. The molecule has 0 bridgehead atoms. The lowest BCUT2D eigenvalue weighted by Gasteiger charge is -2.05. The number of rotatable bonds is 4. The molecule has 1 aromatic carbocycles. The molecule has 0 fully saturated rings. The van der Waals surface area contributed by atoms with Crippen molar-refractivity contribution in [1.29, 1.82) is 0 Å². The van der Waals surface area contributed by atoms with Crippen LogP contribution in [0.4, 0.5) is 5.95 Å². The second-order valence-electron chi connectivity index (χ2n) is 3.83. The normalized spacial score (nSPS) is 10.5. The number of nitrogens with one attached hydrogen (secondary N) is 1. The van der Waals surface area contributed by atoms with Gasteiger partial charge in [0, 0.05) is 13.6 Å². The zero-order valence-corrected chi connectivity index (χ0v) is 10.1. The molecule has 0 atom stereocenters. The topological polar surface area (TPSA) is 51.9 Å². The fraction of sp³-hybridized carbons (Fsp3) is 0.333. The highest BCUT2D eigenvalue weighted by Gasteiger charge is 2.10. The van der Waals surface area contributed by atoms with Crippen LogP contribution in [-0.2, 0) is 13.6 Å². The van der Waals surface area contributed by atoms with Gasteiger partial charge in [0.15, 0.2) is 0 Å². The lowest BCUT2D eigenvalue weighted by Crippen LogP contribution is -2.24. The maximum Gasteiger partial charge on any atom is 0.347 e. The van der Waals surface area contributed by atoms with Gasteiger partial charge in [-0.3, -0.25) is 4.57 Å². The molecule has 0 spiro atoms. The smallest absolute Gasteiger partial charge is 0.347 e. The van der Waals surface area contributed by atoms with Crippen molar-refractivity contribution in [1.82, 2.24) is 14.3 Å². The van der Waals surface area contributed by atoms with Crippen molar-refractivity contribution in [2.45, 2.75) is 13.5 Å². The van der Waals surface area contributed by atoms with Crippen molar-refractivity contribution in [2.75, 3.05) is 11.9 Å². The first-order valence-corrected chi connectivity index (χ1v) is 5.64. The van der Waals surface area contributed by atoms with E-state index in [4.69, 9.17) is 0 Å². The summed E-state index contributed by atoms with van der Waals surface area (Å²) in [6, 6.07) is 9.87. The molecule has 17 heavy (non-hydrogen) atoms. The number of hydrogen-bond acceptors (Lipinski definition) is 3. The predicted octanol–water partition coefficient (Wildman–Crippen LogP) is 1.06. The Bertz CT molecular complexity index is 541. The second kappa shape index (κ2) is 4.86. The van der Waals surface area contributed by atoms with Crippen LogP contribution in [0.5, 0.6) is 0 Å². The zero-order chi connectivity index (χ0) is 12.3. The van der Waals surface area contributed by atoms with Crippen LogP contribution in [0.15, 0.2) is 35.1 Å². The maximum absolute atomic E-state index is 11.9. The lowest BCUT2D eigenvalue weighted by molar-refractivity contribution is 0.692. The highest BCUT2D eigenvalue weighted by molar-refractivity contribution is 5.26. The molecular weight excluding hydrogens is 216 g/mol. The van der Waals surface area contributed by atoms with Crippen molar-refractivity contribution in [3.05, 3.63) is 46.4 Å². The van der Waals surface area contributed by atoms with Gasteiger partial charge in [-0.25, -0.2) is 9.48 Å². The van der Waals surface area contributed by atoms with Gasteiger partial charge in [0.25, 0.3) is 0 Å². The Hall–Kier alpha value is -2.04. The van der Waals surface area contributed by atoms with Crippen LogP contribution in [0.1, 0.15) is 12.5 Å². The van der Waals surface area contributed by atoms with Gasteiger partial charge < -0.3 is 5.32 Å². The first-order valence-electron chi connectivity index (χ1n) is 5.64. The van der Waals surface area contributed by atoms with E-state index in [9.17, 15) is 4.79 Å². The van der Waals surface area contributed by atoms with E-state index in [0.29, 0.717) is 12.5 Å². The molecular formula is C12H16N4O. The Morgan fingerprint density at radius 3 is 2.65 bits per heavy atom. The molecule has 0 aliphatic carbocycles. The van der Waals surface area contributed by atoms with Crippen molar-refractivity contribution in [3.8, 4) is 0 Å². The molecule has 90 valence electrons. The Morgan fingerprint density at radius 1 is 1.29 bits per heavy atom. The monoisotopic (exact) mass is 232 g/mol. The van der Waals surface area contributed by atoms with Crippen LogP contribution in [0.3, 0.4) is 0 Å². The van der Waals surface area contributed by atoms with E-state index >= 15 is 0 Å². The second-order valence-corrected chi connectivity index (χ2v) is 3.83. The molecule has 5 heteroatoms. The lowest BCUT2D eigenvalue weighted by atomic mass is 10.2. The summed E-state index contributed by atoms with van der Waals surface area (Å²) in [5.41, 5.74) is 0.978. The quantitative estimate of drug-likeness (QED) is 0.857. The molecule has 0 saturated heterocycles. The third-order valence-electron chi connectivity index (χ3n) is 2.53. The molecule has 0 amide bonds. The molecule has 0 radical (unpaired) electrons. The number of aryl methyl sites for hydroxylation is 1. The molecule has 0 aliphatic heterocycles. The predicted molar refractivity (Wildman–Crippen MR) is 67.2 cm³/mol. The first kappa shape index (κ1) is 11.4. The van der Waals surface area contributed by atoms with Gasteiger partial charge in [0.1, 0.15) is 0 Å². The fourth-order valence-electron chi connectivity index (χ4n) is 1.70. The van der Waals surface area contributed by atoms with Crippen molar-refractivity contribution in [2.24, 2.45) is 7.05 Å². The Morgan fingerprint density at radius 2 is 2.00 bits per heavy atom. The highest BCUT2D eigenvalue weighted by Crippen LogP contribution is 2.05. The summed E-state index contributed by atoms with van der Waals surface area (Å²) in [5.74, 6) is 0.615. The molecule has 0 saturated carbocycles. The number of aromatic nitrogens is 3. The minimum Gasteiger partial charge on any atom is -0.355 e. The van der Waals surface area contributed by atoms with Crippen LogP contribution in [0.2, 0.25) is 0 Å². The summed E-state index contributed by atoms with van der Waals surface area (Å²) in [4.78, 5) is 11.9. The highest BCUT2D eigenvalue weighted by atomic mass is 16.2. The van der Waals surface area contributed by atoms with Gasteiger partial charge in [0.05, 0.1) is 6.54 Å². The van der Waals surface area contributed by atoms with Gasteiger partial charge in [0.2, 0.25) is 5.95 Å². The van der Waals surface area contributed by atoms with E-state index in [0.717, 1.165) is 12.1 Å². The minimum absolute atomic E-state index is 0.107. The summed E-state index contributed by atoms with van der Waals surface area (Å²) in [6.07, 6.45) is 0. The third kappa shape index (κ3) is 2.38. The van der Waals surface area contributed by atoms with Gasteiger partial charge >= 0.3 is 5.69 Å². The van der Waals surface area contributed by atoms with Gasteiger partial charge in [-0.2, -0.15) is 0 Å². The number of anilines is 1. The summed E-state index contributed by atoms with van der Waals surface area (Å²) in [6.45, 7) is 3.26. The molecule has 1 heterocycles. The summed E-state index contributed by atoms with van der Waals surface area (Å²) >= 11 is 0. The summed E-state index contributed by atoms with van der Waals surface area (Å²) in [5, 5.41) is 7.24. The fourth-order valence-corrected chi connectivity index (χ4v) is 1.70. The van der Waals surface area contributed by atoms with E-state index in [1.165, 1.54) is 4.68 Å². The average Bonchev–Trinajstić information content (AvgIpc) is 2.59. The number of hydrogen-bond donors (Lipinski definition) is 1. The number of nitrogens with zero attached hydrogens (tertiary/aromatic N) is 3. The zero-order valence-electron chi connectivity index (χ0n) is 10.1. The van der Waals surface area contributed by atoms with Crippen LogP contribution in [-0.4, -0.2) is 20.9 Å². The molecule has 0 unspecified atom stereocenters. The summed E-state index contributed by atoms with van der Waals surface area (Å²) in [7, 11) is 1.66. The van der Waals surface area contributed by atoms with E-state index in [-0.39, 0.29) is 5.69 Å². The largest absolute Gasteiger partial charge is 0.355 e.